The van der Waals surface area contributed by atoms with E-state index in [4.69, 9.17) is 0 Å². The molecular weight excluding hydrogens is 288 g/mol. The van der Waals surface area contributed by atoms with Gasteiger partial charge in [0, 0.05) is 45.2 Å². The van der Waals surface area contributed by atoms with Crippen molar-refractivity contribution in [2.24, 2.45) is 5.92 Å². The van der Waals surface area contributed by atoms with Crippen molar-refractivity contribution in [1.82, 2.24) is 14.5 Å². The van der Waals surface area contributed by atoms with Gasteiger partial charge in [0.2, 0.25) is 11.9 Å². The van der Waals surface area contributed by atoms with E-state index in [1.54, 1.807) is 11.1 Å². The molecule has 0 radical (unpaired) electrons. The zero-order valence-corrected chi connectivity index (χ0v) is 13.4. The van der Waals surface area contributed by atoms with Crippen LogP contribution in [0.1, 0.15) is 23.5 Å². The molecule has 2 aromatic rings. The van der Waals surface area contributed by atoms with Crippen molar-refractivity contribution in [2.45, 2.75) is 12.3 Å². The van der Waals surface area contributed by atoms with Gasteiger partial charge in [-0.1, -0.05) is 24.3 Å². The Bertz CT molecular complexity index is 773. The van der Waals surface area contributed by atoms with Crippen molar-refractivity contribution in [3.05, 3.63) is 47.8 Å². The molecule has 0 unspecified atom stereocenters. The van der Waals surface area contributed by atoms with Crippen LogP contribution in [-0.4, -0.2) is 41.0 Å². The molecule has 0 spiro atoms. The number of aromatic nitrogens is 2. The summed E-state index contributed by atoms with van der Waals surface area (Å²) in [7, 11) is 3.65. The van der Waals surface area contributed by atoms with Gasteiger partial charge in [0.25, 0.3) is 0 Å². The van der Waals surface area contributed by atoms with Crippen LogP contribution in [0.4, 0.5) is 5.95 Å². The van der Waals surface area contributed by atoms with Crippen LogP contribution < -0.4 is 5.32 Å². The molecule has 2 aliphatic rings. The predicted molar refractivity (Wildman–Crippen MR) is 90.9 cm³/mol. The lowest BCUT2D eigenvalue weighted by Gasteiger charge is -2.17. The molecule has 1 fully saturated rings. The molecule has 1 N–H and O–H groups in total. The van der Waals surface area contributed by atoms with E-state index in [2.05, 4.69) is 40.8 Å². The lowest BCUT2D eigenvalue weighted by molar-refractivity contribution is -0.130. The molecule has 1 aliphatic carbocycles. The highest BCUT2D eigenvalue weighted by Crippen LogP contribution is 2.48. The highest BCUT2D eigenvalue weighted by molar-refractivity contribution is 5.83. The van der Waals surface area contributed by atoms with E-state index in [1.165, 1.54) is 16.7 Å². The number of rotatable bonds is 3. The lowest BCUT2D eigenvalue weighted by atomic mass is 10.0. The topological polar surface area (TPSA) is 50.2 Å². The van der Waals surface area contributed by atoms with Gasteiger partial charge in [-0.25, -0.2) is 4.98 Å². The van der Waals surface area contributed by atoms with Gasteiger partial charge >= 0.3 is 0 Å². The summed E-state index contributed by atoms with van der Waals surface area (Å²) >= 11 is 0. The summed E-state index contributed by atoms with van der Waals surface area (Å²) in [5, 5.41) is 3.31. The minimum absolute atomic E-state index is 0.167. The molecule has 4 rings (SSSR count). The SMILES string of the molecule is CN(C)C(=O)[C@H]1C[C@@H]1c1ccc(C2=Cn3ccnc3NC2)cc1. The zero-order valence-electron chi connectivity index (χ0n) is 13.4. The second-order valence-corrected chi connectivity index (χ2v) is 6.47. The minimum atomic E-state index is 0.167. The van der Waals surface area contributed by atoms with Gasteiger partial charge in [-0.05, 0) is 29.0 Å². The van der Waals surface area contributed by atoms with Crippen molar-refractivity contribution >= 4 is 23.6 Å². The summed E-state index contributed by atoms with van der Waals surface area (Å²) in [6.45, 7) is 0.779. The number of carbonyl (C=O) groups is 1. The van der Waals surface area contributed by atoms with Crippen LogP contribution in [-0.2, 0) is 4.79 Å². The molecule has 5 heteroatoms. The highest BCUT2D eigenvalue weighted by Gasteiger charge is 2.44. The monoisotopic (exact) mass is 308 g/mol. The minimum Gasteiger partial charge on any atom is -0.351 e. The standard InChI is InChI=1S/C18H20N4O/c1-21(2)17(23)16-9-15(16)13-5-3-12(4-6-13)14-10-20-18-19-7-8-22(18)11-14/h3-8,11,15-16H,9-10H2,1-2H3,(H,19,20)/t15-,16+/m1/s1. The molecule has 1 aromatic heterocycles. The van der Waals surface area contributed by atoms with E-state index in [-0.39, 0.29) is 11.8 Å². The van der Waals surface area contributed by atoms with Crippen molar-refractivity contribution in [3.8, 4) is 0 Å². The lowest BCUT2D eigenvalue weighted by Crippen LogP contribution is -2.23. The fourth-order valence-electron chi connectivity index (χ4n) is 3.23. The van der Waals surface area contributed by atoms with Gasteiger partial charge in [0.05, 0.1) is 0 Å². The number of anilines is 1. The third-order valence-corrected chi connectivity index (χ3v) is 4.66. The van der Waals surface area contributed by atoms with Crippen molar-refractivity contribution in [3.63, 3.8) is 0 Å². The highest BCUT2D eigenvalue weighted by atomic mass is 16.2. The normalized spacial score (nSPS) is 21.9. The Morgan fingerprint density at radius 2 is 2.09 bits per heavy atom. The molecule has 1 aliphatic heterocycles. The van der Waals surface area contributed by atoms with Crippen LogP contribution in [0.25, 0.3) is 11.8 Å². The van der Waals surface area contributed by atoms with Gasteiger partial charge in [-0.2, -0.15) is 0 Å². The van der Waals surface area contributed by atoms with E-state index in [9.17, 15) is 4.79 Å². The fourth-order valence-corrected chi connectivity index (χ4v) is 3.23. The third kappa shape index (κ3) is 2.52. The van der Waals surface area contributed by atoms with E-state index >= 15 is 0 Å². The Morgan fingerprint density at radius 1 is 1.30 bits per heavy atom. The molecule has 0 bridgehead atoms. The Kier molecular flexibility index (Phi) is 3.22. The molecule has 1 amide bonds. The van der Waals surface area contributed by atoms with Gasteiger partial charge in [0.1, 0.15) is 0 Å². The summed E-state index contributed by atoms with van der Waals surface area (Å²) in [4.78, 5) is 17.9. The van der Waals surface area contributed by atoms with E-state index < -0.39 is 0 Å². The first-order valence-electron chi connectivity index (χ1n) is 7.92. The first-order valence-corrected chi connectivity index (χ1v) is 7.92. The maximum absolute atomic E-state index is 12.0. The van der Waals surface area contributed by atoms with Crippen molar-refractivity contribution in [1.29, 1.82) is 0 Å². The number of fused-ring (bicyclic) bond motifs is 1. The molecule has 1 aromatic carbocycles. The van der Waals surface area contributed by atoms with Crippen LogP contribution in [0.5, 0.6) is 0 Å². The zero-order chi connectivity index (χ0) is 16.0. The molecule has 2 atom stereocenters. The molecule has 0 saturated heterocycles. The Balaban J connectivity index is 1.51. The number of amides is 1. The molecule has 2 heterocycles. The number of hydrogen-bond acceptors (Lipinski definition) is 3. The maximum Gasteiger partial charge on any atom is 0.225 e. The number of nitrogens with zero attached hydrogens (tertiary/aromatic N) is 3. The number of carbonyl (C=O) groups excluding carboxylic acids is 1. The van der Waals surface area contributed by atoms with Gasteiger partial charge < -0.3 is 10.2 Å². The number of benzene rings is 1. The Hall–Kier alpha value is -2.56. The average Bonchev–Trinajstić information content (AvgIpc) is 3.23. The summed E-state index contributed by atoms with van der Waals surface area (Å²) in [6.07, 6.45) is 6.82. The van der Waals surface area contributed by atoms with E-state index in [0.29, 0.717) is 5.92 Å². The third-order valence-electron chi connectivity index (χ3n) is 4.66. The molecule has 118 valence electrons. The van der Waals surface area contributed by atoms with Crippen molar-refractivity contribution < 1.29 is 4.79 Å². The number of hydrogen-bond donors (Lipinski definition) is 1. The molecular formula is C18H20N4O. The van der Waals surface area contributed by atoms with Crippen LogP contribution in [0, 0.1) is 5.92 Å². The van der Waals surface area contributed by atoms with E-state index in [0.717, 1.165) is 18.9 Å². The van der Waals surface area contributed by atoms with Gasteiger partial charge in [0.15, 0.2) is 0 Å². The van der Waals surface area contributed by atoms with Crippen LogP contribution in [0.15, 0.2) is 36.7 Å². The maximum atomic E-state index is 12.0. The smallest absolute Gasteiger partial charge is 0.225 e. The summed E-state index contributed by atoms with van der Waals surface area (Å²) < 4.78 is 2.00. The number of imidazole rings is 1. The number of nitrogens with one attached hydrogen (secondary N) is 1. The Labute approximate surface area is 135 Å². The van der Waals surface area contributed by atoms with Crippen molar-refractivity contribution in [2.75, 3.05) is 26.0 Å². The second-order valence-electron chi connectivity index (χ2n) is 6.47. The van der Waals surface area contributed by atoms with Crippen LogP contribution in [0.2, 0.25) is 0 Å². The molecule has 5 nitrogen and oxygen atoms in total. The summed E-state index contributed by atoms with van der Waals surface area (Å²) in [5.41, 5.74) is 3.71. The quantitative estimate of drug-likeness (QED) is 0.948. The van der Waals surface area contributed by atoms with E-state index in [1.807, 2.05) is 24.9 Å². The second kappa shape index (κ2) is 5.26. The van der Waals surface area contributed by atoms with Crippen LogP contribution in [0.3, 0.4) is 0 Å². The first-order chi connectivity index (χ1) is 11.1. The first kappa shape index (κ1) is 14.1. The predicted octanol–water partition coefficient (Wildman–Crippen LogP) is 2.50. The molecule has 23 heavy (non-hydrogen) atoms. The van der Waals surface area contributed by atoms with Gasteiger partial charge in [-0.3, -0.25) is 9.36 Å². The summed E-state index contributed by atoms with van der Waals surface area (Å²) in [6, 6.07) is 8.63. The Morgan fingerprint density at radius 3 is 2.83 bits per heavy atom. The molecule has 1 saturated carbocycles. The largest absolute Gasteiger partial charge is 0.351 e. The average molecular weight is 308 g/mol. The van der Waals surface area contributed by atoms with Crippen LogP contribution >= 0.6 is 0 Å². The summed E-state index contributed by atoms with van der Waals surface area (Å²) in [5.74, 6) is 1.68. The van der Waals surface area contributed by atoms with Gasteiger partial charge in [-0.15, -0.1) is 0 Å². The fraction of sp³-hybridized carbons (Fsp3) is 0.333.